The van der Waals surface area contributed by atoms with Gasteiger partial charge in [0.15, 0.2) is 5.65 Å². The summed E-state index contributed by atoms with van der Waals surface area (Å²) in [4.78, 5) is 20.4. The van der Waals surface area contributed by atoms with Crippen LogP contribution < -0.4 is 0 Å². The number of halogens is 1. The number of rotatable bonds is 3. The second-order valence-corrected chi connectivity index (χ2v) is 6.15. The van der Waals surface area contributed by atoms with Gasteiger partial charge >= 0.3 is 5.97 Å². The number of carbonyl (C=O) groups is 1. The third-order valence-electron chi connectivity index (χ3n) is 2.88. The standard InChI is InChI=1S/C13H9BrN4O2S/c1-18-11-9(5-17-18)12(16-6-15-11)21-7-2-3-10(14)8(4-7)13(19)20/h2-6H,1H3,(H,19,20). The van der Waals surface area contributed by atoms with Crippen LogP contribution in [-0.2, 0) is 7.05 Å². The Labute approximate surface area is 132 Å². The highest BCUT2D eigenvalue weighted by Crippen LogP contribution is 2.32. The lowest BCUT2D eigenvalue weighted by Gasteiger charge is -2.05. The van der Waals surface area contributed by atoms with Crippen LogP contribution in [0.4, 0.5) is 0 Å². The molecule has 0 unspecified atom stereocenters. The fraction of sp³-hybridized carbons (Fsp3) is 0.0769. The van der Waals surface area contributed by atoms with E-state index in [9.17, 15) is 4.79 Å². The fourth-order valence-electron chi connectivity index (χ4n) is 1.87. The number of hydrogen-bond acceptors (Lipinski definition) is 5. The number of aryl methyl sites for hydroxylation is 1. The number of nitrogens with zero attached hydrogens (tertiary/aromatic N) is 4. The van der Waals surface area contributed by atoms with E-state index in [1.165, 1.54) is 18.1 Å². The molecule has 0 radical (unpaired) electrons. The van der Waals surface area contributed by atoms with Crippen molar-refractivity contribution in [3.05, 3.63) is 40.8 Å². The maximum atomic E-state index is 11.2. The number of aromatic nitrogens is 4. The maximum Gasteiger partial charge on any atom is 0.336 e. The number of hydrogen-bond donors (Lipinski definition) is 1. The second kappa shape index (κ2) is 5.45. The zero-order valence-corrected chi connectivity index (χ0v) is 13.2. The summed E-state index contributed by atoms with van der Waals surface area (Å²) in [6.07, 6.45) is 3.18. The Morgan fingerprint density at radius 2 is 2.19 bits per heavy atom. The minimum Gasteiger partial charge on any atom is -0.478 e. The molecule has 1 N–H and O–H groups in total. The Hall–Kier alpha value is -1.93. The summed E-state index contributed by atoms with van der Waals surface area (Å²) in [6.45, 7) is 0. The number of fused-ring (bicyclic) bond motifs is 1. The van der Waals surface area contributed by atoms with E-state index in [1.807, 2.05) is 13.1 Å². The molecule has 0 atom stereocenters. The Morgan fingerprint density at radius 3 is 2.95 bits per heavy atom. The Bertz CT molecular complexity index is 849. The summed E-state index contributed by atoms with van der Waals surface area (Å²) < 4.78 is 2.22. The molecular formula is C13H9BrN4O2S. The first kappa shape index (κ1) is 14.0. The molecule has 0 spiro atoms. The van der Waals surface area contributed by atoms with Crippen LogP contribution in [0, 0.1) is 0 Å². The van der Waals surface area contributed by atoms with E-state index in [0.29, 0.717) is 4.47 Å². The van der Waals surface area contributed by atoms with Gasteiger partial charge in [-0.25, -0.2) is 14.8 Å². The van der Waals surface area contributed by atoms with E-state index in [1.54, 1.807) is 23.0 Å². The molecule has 1 aromatic carbocycles. The minimum atomic E-state index is -0.974. The van der Waals surface area contributed by atoms with Crippen molar-refractivity contribution >= 4 is 44.7 Å². The molecule has 0 fully saturated rings. The summed E-state index contributed by atoms with van der Waals surface area (Å²) >= 11 is 4.61. The number of aromatic carboxylic acids is 1. The monoisotopic (exact) mass is 364 g/mol. The van der Waals surface area contributed by atoms with Crippen molar-refractivity contribution < 1.29 is 9.90 Å². The van der Waals surface area contributed by atoms with Crippen molar-refractivity contribution in [2.75, 3.05) is 0 Å². The lowest BCUT2D eigenvalue weighted by atomic mass is 10.2. The first-order valence-electron chi connectivity index (χ1n) is 5.89. The van der Waals surface area contributed by atoms with Gasteiger partial charge in [0.1, 0.15) is 11.4 Å². The van der Waals surface area contributed by atoms with Gasteiger partial charge in [0.25, 0.3) is 0 Å². The topological polar surface area (TPSA) is 80.9 Å². The summed E-state index contributed by atoms with van der Waals surface area (Å²) in [6, 6.07) is 5.17. The van der Waals surface area contributed by atoms with Gasteiger partial charge in [-0.1, -0.05) is 11.8 Å². The van der Waals surface area contributed by atoms with Crippen LogP contribution in [0.15, 0.2) is 45.1 Å². The van der Waals surface area contributed by atoms with E-state index in [0.717, 1.165) is 21.0 Å². The van der Waals surface area contributed by atoms with Gasteiger partial charge in [-0.3, -0.25) is 4.68 Å². The Morgan fingerprint density at radius 1 is 1.38 bits per heavy atom. The van der Waals surface area contributed by atoms with Gasteiger partial charge in [0.05, 0.1) is 17.1 Å². The summed E-state index contributed by atoms with van der Waals surface area (Å²) in [7, 11) is 1.81. The molecule has 3 rings (SSSR count). The van der Waals surface area contributed by atoms with Gasteiger partial charge in [0.2, 0.25) is 0 Å². The van der Waals surface area contributed by atoms with Crippen LogP contribution in [0.5, 0.6) is 0 Å². The molecule has 0 amide bonds. The van der Waals surface area contributed by atoms with Gasteiger partial charge < -0.3 is 5.11 Å². The normalized spacial score (nSPS) is 11.0. The molecular weight excluding hydrogens is 356 g/mol. The minimum absolute atomic E-state index is 0.219. The average Bonchev–Trinajstić information content (AvgIpc) is 2.84. The van der Waals surface area contributed by atoms with Crippen molar-refractivity contribution in [1.82, 2.24) is 19.7 Å². The van der Waals surface area contributed by atoms with E-state index in [2.05, 4.69) is 31.0 Å². The average molecular weight is 365 g/mol. The zero-order chi connectivity index (χ0) is 15.0. The van der Waals surface area contributed by atoms with Gasteiger partial charge in [-0.2, -0.15) is 5.10 Å². The van der Waals surface area contributed by atoms with Crippen molar-refractivity contribution in [2.24, 2.45) is 7.05 Å². The Balaban J connectivity index is 2.03. The molecule has 0 saturated carbocycles. The molecule has 0 aliphatic carbocycles. The molecule has 8 heteroatoms. The zero-order valence-electron chi connectivity index (χ0n) is 10.8. The highest BCUT2D eigenvalue weighted by molar-refractivity contribution is 9.10. The first-order valence-corrected chi connectivity index (χ1v) is 7.50. The molecule has 0 aliphatic heterocycles. The van der Waals surface area contributed by atoms with Crippen LogP contribution in [0.2, 0.25) is 0 Å². The van der Waals surface area contributed by atoms with E-state index in [-0.39, 0.29) is 5.56 Å². The highest BCUT2D eigenvalue weighted by Gasteiger charge is 2.13. The second-order valence-electron chi connectivity index (χ2n) is 4.23. The maximum absolute atomic E-state index is 11.2. The SMILES string of the molecule is Cn1ncc2c(Sc3ccc(Br)c(C(=O)O)c3)ncnc21. The third kappa shape index (κ3) is 2.64. The van der Waals surface area contributed by atoms with Crippen molar-refractivity contribution in [3.63, 3.8) is 0 Å². The molecule has 6 nitrogen and oxygen atoms in total. The van der Waals surface area contributed by atoms with Gasteiger partial charge in [0, 0.05) is 16.4 Å². The summed E-state index contributed by atoms with van der Waals surface area (Å²) in [5.41, 5.74) is 0.958. The van der Waals surface area contributed by atoms with Gasteiger partial charge in [-0.05, 0) is 34.1 Å². The molecule has 0 aliphatic rings. The Kier molecular flexibility index (Phi) is 3.64. The number of carboxylic acids is 1. The van der Waals surface area contributed by atoms with E-state index < -0.39 is 5.97 Å². The molecule has 106 valence electrons. The quantitative estimate of drug-likeness (QED) is 0.719. The van der Waals surface area contributed by atoms with Crippen LogP contribution in [0.25, 0.3) is 11.0 Å². The van der Waals surface area contributed by atoms with E-state index in [4.69, 9.17) is 5.11 Å². The summed E-state index contributed by atoms with van der Waals surface area (Å²) in [5, 5.41) is 14.9. The van der Waals surface area contributed by atoms with Crippen molar-refractivity contribution in [3.8, 4) is 0 Å². The molecule has 2 heterocycles. The number of carboxylic acid groups (broad SMARTS) is 1. The first-order chi connectivity index (χ1) is 10.1. The largest absolute Gasteiger partial charge is 0.478 e. The molecule has 0 bridgehead atoms. The molecule has 0 saturated heterocycles. The lowest BCUT2D eigenvalue weighted by Crippen LogP contribution is -1.97. The predicted molar refractivity (Wildman–Crippen MR) is 81.5 cm³/mol. The lowest BCUT2D eigenvalue weighted by molar-refractivity contribution is 0.0695. The molecule has 21 heavy (non-hydrogen) atoms. The smallest absolute Gasteiger partial charge is 0.336 e. The predicted octanol–water partition coefficient (Wildman–Crippen LogP) is 2.98. The number of benzene rings is 1. The summed E-state index contributed by atoms with van der Waals surface area (Å²) in [5.74, 6) is -0.974. The van der Waals surface area contributed by atoms with Crippen LogP contribution in [-0.4, -0.2) is 30.8 Å². The van der Waals surface area contributed by atoms with Crippen molar-refractivity contribution in [1.29, 1.82) is 0 Å². The van der Waals surface area contributed by atoms with Crippen LogP contribution in [0.1, 0.15) is 10.4 Å². The van der Waals surface area contributed by atoms with Crippen LogP contribution in [0.3, 0.4) is 0 Å². The van der Waals surface area contributed by atoms with Crippen molar-refractivity contribution in [2.45, 2.75) is 9.92 Å². The molecule has 3 aromatic rings. The van der Waals surface area contributed by atoms with Gasteiger partial charge in [-0.15, -0.1) is 0 Å². The molecule has 2 aromatic heterocycles. The fourth-order valence-corrected chi connectivity index (χ4v) is 3.17. The third-order valence-corrected chi connectivity index (χ3v) is 4.58. The highest BCUT2D eigenvalue weighted by atomic mass is 79.9. The van der Waals surface area contributed by atoms with Crippen LogP contribution >= 0.6 is 27.7 Å². The van der Waals surface area contributed by atoms with E-state index >= 15 is 0 Å².